The predicted molar refractivity (Wildman–Crippen MR) is 73.2 cm³/mol. The van der Waals surface area contributed by atoms with Gasteiger partial charge in [0.15, 0.2) is 0 Å². The number of thioether (sulfide) groups is 1. The third kappa shape index (κ3) is 4.32. The number of aromatic nitrogens is 1. The van der Waals surface area contributed by atoms with Crippen molar-refractivity contribution in [3.63, 3.8) is 0 Å². The summed E-state index contributed by atoms with van der Waals surface area (Å²) in [5.74, 6) is 1.20. The second kappa shape index (κ2) is 7.15. The molecule has 1 heterocycles. The largest absolute Gasteiger partial charge is 0.299 e. The van der Waals surface area contributed by atoms with Crippen LogP contribution in [0.1, 0.15) is 18.9 Å². The van der Waals surface area contributed by atoms with Gasteiger partial charge in [-0.05, 0) is 38.5 Å². The number of nitrogens with zero attached hydrogens (tertiary/aromatic N) is 2. The molecule has 90 valence electrons. The summed E-state index contributed by atoms with van der Waals surface area (Å²) in [5, 5.41) is 0.617. The highest BCUT2D eigenvalue weighted by molar-refractivity contribution is 7.98. The molecule has 0 bridgehead atoms. The highest BCUT2D eigenvalue weighted by Gasteiger charge is 2.10. The number of halogens is 1. The van der Waals surface area contributed by atoms with E-state index in [4.69, 9.17) is 11.6 Å². The van der Waals surface area contributed by atoms with Gasteiger partial charge in [0.25, 0.3) is 0 Å². The normalized spacial score (nSPS) is 13.1. The number of hydrogen-bond donors (Lipinski definition) is 0. The molecule has 0 radical (unpaired) electrons. The zero-order valence-corrected chi connectivity index (χ0v) is 11.7. The van der Waals surface area contributed by atoms with E-state index in [1.165, 1.54) is 12.2 Å². The van der Waals surface area contributed by atoms with Gasteiger partial charge >= 0.3 is 0 Å². The van der Waals surface area contributed by atoms with Crippen LogP contribution in [-0.2, 0) is 6.54 Å². The first-order chi connectivity index (χ1) is 7.65. The van der Waals surface area contributed by atoms with Crippen LogP contribution in [0.5, 0.6) is 0 Å². The summed E-state index contributed by atoms with van der Waals surface area (Å²) >= 11 is 7.93. The third-order valence-electron chi connectivity index (χ3n) is 2.75. The molecule has 0 spiro atoms. The molecule has 0 fully saturated rings. The summed E-state index contributed by atoms with van der Waals surface area (Å²) in [4.78, 5) is 6.41. The quantitative estimate of drug-likeness (QED) is 0.729. The van der Waals surface area contributed by atoms with Crippen molar-refractivity contribution in [3.8, 4) is 0 Å². The third-order valence-corrected chi connectivity index (χ3v) is 3.73. The van der Waals surface area contributed by atoms with Gasteiger partial charge in [-0.3, -0.25) is 4.90 Å². The minimum atomic E-state index is 0.573. The van der Waals surface area contributed by atoms with Crippen LogP contribution in [0.25, 0.3) is 0 Å². The van der Waals surface area contributed by atoms with Gasteiger partial charge in [-0.25, -0.2) is 4.98 Å². The average molecular weight is 259 g/mol. The monoisotopic (exact) mass is 258 g/mol. The maximum atomic E-state index is 6.04. The first-order valence-electron chi connectivity index (χ1n) is 5.43. The Kier molecular flexibility index (Phi) is 6.17. The van der Waals surface area contributed by atoms with Crippen LogP contribution in [0.15, 0.2) is 18.3 Å². The van der Waals surface area contributed by atoms with Crippen molar-refractivity contribution in [1.82, 2.24) is 9.88 Å². The first-order valence-corrected chi connectivity index (χ1v) is 7.21. The van der Waals surface area contributed by atoms with Crippen molar-refractivity contribution in [2.24, 2.45) is 0 Å². The van der Waals surface area contributed by atoms with Gasteiger partial charge < -0.3 is 0 Å². The van der Waals surface area contributed by atoms with E-state index in [1.807, 2.05) is 23.9 Å². The molecular weight excluding hydrogens is 240 g/mol. The zero-order chi connectivity index (χ0) is 12.0. The molecule has 0 aliphatic rings. The fourth-order valence-corrected chi connectivity index (χ4v) is 2.23. The van der Waals surface area contributed by atoms with Gasteiger partial charge in [0.2, 0.25) is 0 Å². The molecular formula is C12H19ClN2S. The van der Waals surface area contributed by atoms with Gasteiger partial charge in [0, 0.05) is 24.3 Å². The summed E-state index contributed by atoms with van der Waals surface area (Å²) in [7, 11) is 2.13. The molecule has 0 N–H and O–H groups in total. The van der Waals surface area contributed by atoms with E-state index in [1.54, 1.807) is 6.20 Å². The standard InChI is InChI=1S/C12H19ClN2S/c1-10(6-8-16-3)15(2)9-11-5-4-7-14-12(11)13/h4-5,7,10H,6,8-9H2,1-3H3. The van der Waals surface area contributed by atoms with Crippen molar-refractivity contribution in [2.75, 3.05) is 19.1 Å². The van der Waals surface area contributed by atoms with E-state index in [2.05, 4.69) is 30.1 Å². The highest BCUT2D eigenvalue weighted by Crippen LogP contribution is 2.16. The summed E-state index contributed by atoms with van der Waals surface area (Å²) in [6, 6.07) is 4.54. The molecule has 4 heteroatoms. The fraction of sp³-hybridized carbons (Fsp3) is 0.583. The Morgan fingerprint density at radius 2 is 2.31 bits per heavy atom. The fourth-order valence-electron chi connectivity index (χ4n) is 1.47. The van der Waals surface area contributed by atoms with E-state index in [-0.39, 0.29) is 0 Å². The molecule has 1 unspecified atom stereocenters. The van der Waals surface area contributed by atoms with Gasteiger partial charge in [-0.1, -0.05) is 17.7 Å². The predicted octanol–water partition coefficient (Wildman–Crippen LogP) is 3.31. The molecule has 1 aromatic rings. The average Bonchev–Trinajstić information content (AvgIpc) is 2.28. The van der Waals surface area contributed by atoms with Crippen molar-refractivity contribution in [3.05, 3.63) is 29.0 Å². The van der Waals surface area contributed by atoms with Gasteiger partial charge in [0.05, 0.1) is 0 Å². The van der Waals surface area contributed by atoms with Crippen LogP contribution in [0.3, 0.4) is 0 Å². The van der Waals surface area contributed by atoms with E-state index in [9.17, 15) is 0 Å². The van der Waals surface area contributed by atoms with Crippen molar-refractivity contribution in [1.29, 1.82) is 0 Å². The maximum Gasteiger partial charge on any atom is 0.133 e. The Morgan fingerprint density at radius 3 is 2.94 bits per heavy atom. The van der Waals surface area contributed by atoms with Crippen LogP contribution in [0.4, 0.5) is 0 Å². The van der Waals surface area contributed by atoms with Crippen LogP contribution < -0.4 is 0 Å². The summed E-state index contributed by atoms with van der Waals surface area (Å²) < 4.78 is 0. The van der Waals surface area contributed by atoms with E-state index >= 15 is 0 Å². The first kappa shape index (κ1) is 13.8. The Hall–Kier alpha value is -0.250. The lowest BCUT2D eigenvalue weighted by Gasteiger charge is -2.24. The Bertz CT molecular complexity index is 320. The molecule has 2 nitrogen and oxygen atoms in total. The minimum Gasteiger partial charge on any atom is -0.299 e. The Balaban J connectivity index is 2.50. The topological polar surface area (TPSA) is 16.1 Å². The molecule has 0 aromatic carbocycles. The van der Waals surface area contributed by atoms with Crippen LogP contribution in [0.2, 0.25) is 5.15 Å². The molecule has 0 saturated heterocycles. The molecule has 16 heavy (non-hydrogen) atoms. The van der Waals surface area contributed by atoms with E-state index < -0.39 is 0 Å². The lowest BCUT2D eigenvalue weighted by molar-refractivity contribution is 0.245. The number of rotatable bonds is 6. The van der Waals surface area contributed by atoms with Gasteiger partial charge in [-0.2, -0.15) is 11.8 Å². The summed E-state index contributed by atoms with van der Waals surface area (Å²) in [6.45, 7) is 3.11. The lowest BCUT2D eigenvalue weighted by atomic mass is 10.2. The van der Waals surface area contributed by atoms with Crippen LogP contribution in [0, 0.1) is 0 Å². The second-order valence-electron chi connectivity index (χ2n) is 4.00. The lowest BCUT2D eigenvalue weighted by Crippen LogP contribution is -2.29. The number of pyridine rings is 1. The van der Waals surface area contributed by atoms with Crippen LogP contribution in [-0.4, -0.2) is 35.0 Å². The Labute approximate surface area is 107 Å². The molecule has 0 aliphatic heterocycles. The maximum absolute atomic E-state index is 6.04. The summed E-state index contributed by atoms with van der Waals surface area (Å²) in [5.41, 5.74) is 1.10. The molecule has 0 saturated carbocycles. The smallest absolute Gasteiger partial charge is 0.133 e. The van der Waals surface area contributed by atoms with E-state index in [0.717, 1.165) is 12.1 Å². The van der Waals surface area contributed by atoms with Gasteiger partial charge in [0.1, 0.15) is 5.15 Å². The molecule has 0 amide bonds. The highest BCUT2D eigenvalue weighted by atomic mass is 35.5. The van der Waals surface area contributed by atoms with E-state index in [0.29, 0.717) is 11.2 Å². The van der Waals surface area contributed by atoms with Crippen LogP contribution >= 0.6 is 23.4 Å². The SMILES string of the molecule is CSCCC(C)N(C)Cc1cccnc1Cl. The summed E-state index contributed by atoms with van der Waals surface area (Å²) in [6.07, 6.45) is 5.07. The van der Waals surface area contributed by atoms with Gasteiger partial charge in [-0.15, -0.1) is 0 Å². The Morgan fingerprint density at radius 1 is 1.56 bits per heavy atom. The van der Waals surface area contributed by atoms with Crippen molar-refractivity contribution >= 4 is 23.4 Å². The second-order valence-corrected chi connectivity index (χ2v) is 5.34. The number of hydrogen-bond acceptors (Lipinski definition) is 3. The molecule has 0 aliphatic carbocycles. The minimum absolute atomic E-state index is 0.573. The molecule has 1 atom stereocenters. The van der Waals surface area contributed by atoms with Crippen molar-refractivity contribution < 1.29 is 0 Å². The zero-order valence-electron chi connectivity index (χ0n) is 10.1. The van der Waals surface area contributed by atoms with Crippen molar-refractivity contribution in [2.45, 2.75) is 25.9 Å². The molecule has 1 rings (SSSR count). The molecule has 1 aromatic heterocycles.